The van der Waals surface area contributed by atoms with Crippen LogP contribution in [-0.2, 0) is 19.4 Å². The van der Waals surface area contributed by atoms with Crippen molar-refractivity contribution in [2.75, 3.05) is 0 Å². The van der Waals surface area contributed by atoms with E-state index >= 15 is 0 Å². The average molecular weight is 270 g/mol. The van der Waals surface area contributed by atoms with Crippen molar-refractivity contribution in [3.8, 4) is 0 Å². The lowest BCUT2D eigenvalue weighted by atomic mass is 9.77. The van der Waals surface area contributed by atoms with Crippen molar-refractivity contribution in [1.29, 1.82) is 0 Å². The first kappa shape index (κ1) is 13.4. The van der Waals surface area contributed by atoms with Gasteiger partial charge in [0.1, 0.15) is 5.82 Å². The number of aryl methyl sites for hydroxylation is 2. The molecule has 0 bridgehead atoms. The van der Waals surface area contributed by atoms with Gasteiger partial charge in [-0.3, -0.25) is 0 Å². The van der Waals surface area contributed by atoms with E-state index < -0.39 is 7.12 Å². The Morgan fingerprint density at radius 1 is 1.20 bits per heavy atom. The van der Waals surface area contributed by atoms with Gasteiger partial charge in [0.2, 0.25) is 0 Å². The van der Waals surface area contributed by atoms with Gasteiger partial charge in [-0.25, -0.2) is 4.98 Å². The molecule has 0 saturated heterocycles. The van der Waals surface area contributed by atoms with E-state index in [-0.39, 0.29) is 0 Å². The number of rotatable bonds is 3. The average Bonchev–Trinajstić information content (AvgIpc) is 2.76. The molecule has 0 amide bonds. The van der Waals surface area contributed by atoms with Crippen LogP contribution >= 0.6 is 0 Å². The fraction of sp³-hybridized carbons (Fsp3) is 0.400. The highest BCUT2D eigenvalue weighted by molar-refractivity contribution is 6.59. The quantitative estimate of drug-likeness (QED) is 0.811. The third-order valence-corrected chi connectivity index (χ3v) is 4.09. The summed E-state index contributed by atoms with van der Waals surface area (Å²) in [5.41, 5.74) is 4.05. The molecular formula is C15H19BN2O2. The van der Waals surface area contributed by atoms with Gasteiger partial charge in [-0.2, -0.15) is 0 Å². The van der Waals surface area contributed by atoms with Crippen molar-refractivity contribution in [3.05, 3.63) is 47.0 Å². The normalized spacial score (nSPS) is 14.2. The molecule has 0 fully saturated rings. The Bertz CT molecular complexity index is 622. The number of hydrogen-bond acceptors (Lipinski definition) is 3. The Balaban J connectivity index is 1.98. The van der Waals surface area contributed by atoms with E-state index in [0.29, 0.717) is 12.0 Å². The molecule has 1 aliphatic carbocycles. The monoisotopic (exact) mass is 270 g/mol. The number of nitrogens with zero attached hydrogens (tertiary/aromatic N) is 2. The van der Waals surface area contributed by atoms with Crippen LogP contribution < -0.4 is 5.46 Å². The summed E-state index contributed by atoms with van der Waals surface area (Å²) in [4.78, 5) is 4.66. The van der Waals surface area contributed by atoms with Crippen LogP contribution in [-0.4, -0.2) is 26.7 Å². The Morgan fingerprint density at radius 3 is 2.75 bits per heavy atom. The van der Waals surface area contributed by atoms with Crippen molar-refractivity contribution in [1.82, 2.24) is 9.55 Å². The molecule has 0 spiro atoms. The van der Waals surface area contributed by atoms with Gasteiger partial charge >= 0.3 is 7.12 Å². The largest absolute Gasteiger partial charge is 0.488 e. The van der Waals surface area contributed by atoms with Crippen LogP contribution in [0.5, 0.6) is 0 Å². The summed E-state index contributed by atoms with van der Waals surface area (Å²) in [5, 5.41) is 18.9. The van der Waals surface area contributed by atoms with Gasteiger partial charge < -0.3 is 14.6 Å². The highest BCUT2D eigenvalue weighted by atomic mass is 16.4. The van der Waals surface area contributed by atoms with Crippen molar-refractivity contribution >= 4 is 12.6 Å². The van der Waals surface area contributed by atoms with Gasteiger partial charge in [0.15, 0.2) is 0 Å². The SMILES string of the molecule is Cc1nc2c(n1Cc1ccccc1B(O)O)CCCC2. The Hall–Kier alpha value is -1.59. The van der Waals surface area contributed by atoms with Gasteiger partial charge in [0, 0.05) is 12.2 Å². The first-order chi connectivity index (χ1) is 9.66. The molecule has 0 aliphatic heterocycles. The van der Waals surface area contributed by atoms with Gasteiger partial charge in [-0.05, 0) is 43.6 Å². The fourth-order valence-corrected chi connectivity index (χ4v) is 3.05. The minimum atomic E-state index is -1.43. The van der Waals surface area contributed by atoms with Gasteiger partial charge in [-0.1, -0.05) is 24.3 Å². The van der Waals surface area contributed by atoms with Crippen LogP contribution in [0.3, 0.4) is 0 Å². The van der Waals surface area contributed by atoms with Crippen molar-refractivity contribution < 1.29 is 10.0 Å². The molecule has 3 rings (SSSR count). The van der Waals surface area contributed by atoms with Crippen LogP contribution in [0.4, 0.5) is 0 Å². The third-order valence-electron chi connectivity index (χ3n) is 4.09. The summed E-state index contributed by atoms with van der Waals surface area (Å²) in [6, 6.07) is 7.47. The highest BCUT2D eigenvalue weighted by Gasteiger charge is 2.20. The lowest BCUT2D eigenvalue weighted by Gasteiger charge is -2.16. The van der Waals surface area contributed by atoms with E-state index in [1.165, 1.54) is 24.2 Å². The second-order valence-corrected chi connectivity index (χ2v) is 5.42. The zero-order chi connectivity index (χ0) is 14.1. The molecular weight excluding hydrogens is 251 g/mol. The molecule has 1 heterocycles. The molecule has 0 radical (unpaired) electrons. The Labute approximate surface area is 119 Å². The van der Waals surface area contributed by atoms with Crippen LogP contribution in [0.1, 0.15) is 35.6 Å². The summed E-state index contributed by atoms with van der Waals surface area (Å²) in [6.07, 6.45) is 4.56. The lowest BCUT2D eigenvalue weighted by Crippen LogP contribution is -2.33. The van der Waals surface area contributed by atoms with E-state index in [0.717, 1.165) is 24.2 Å². The number of fused-ring (bicyclic) bond motifs is 1. The third kappa shape index (κ3) is 2.39. The number of hydrogen-bond donors (Lipinski definition) is 2. The molecule has 5 heteroatoms. The minimum absolute atomic E-state index is 0.574. The van der Waals surface area contributed by atoms with Crippen molar-refractivity contribution in [2.24, 2.45) is 0 Å². The molecule has 2 N–H and O–H groups in total. The summed E-state index contributed by atoms with van der Waals surface area (Å²) in [7, 11) is -1.43. The van der Waals surface area contributed by atoms with Crippen molar-refractivity contribution in [2.45, 2.75) is 39.2 Å². The molecule has 20 heavy (non-hydrogen) atoms. The van der Waals surface area contributed by atoms with E-state index in [1.54, 1.807) is 6.07 Å². The van der Waals surface area contributed by atoms with E-state index in [4.69, 9.17) is 0 Å². The van der Waals surface area contributed by atoms with Gasteiger partial charge in [-0.15, -0.1) is 0 Å². The van der Waals surface area contributed by atoms with Gasteiger partial charge in [0.05, 0.1) is 5.69 Å². The van der Waals surface area contributed by atoms with Crippen molar-refractivity contribution in [3.63, 3.8) is 0 Å². The molecule has 4 nitrogen and oxygen atoms in total. The first-order valence-electron chi connectivity index (χ1n) is 7.15. The minimum Gasteiger partial charge on any atom is -0.423 e. The summed E-state index contributed by atoms with van der Waals surface area (Å²) in [6.45, 7) is 2.68. The maximum atomic E-state index is 9.47. The molecule has 104 valence electrons. The maximum absolute atomic E-state index is 9.47. The standard InChI is InChI=1S/C15H19BN2O2/c1-11-17-14-8-4-5-9-15(14)18(11)10-12-6-2-3-7-13(12)16(19)20/h2-3,6-7,19-20H,4-5,8-10H2,1H3. The topological polar surface area (TPSA) is 58.3 Å². The lowest BCUT2D eigenvalue weighted by molar-refractivity contribution is 0.425. The summed E-state index contributed by atoms with van der Waals surface area (Å²) < 4.78 is 2.22. The molecule has 1 aliphatic rings. The maximum Gasteiger partial charge on any atom is 0.488 e. The van der Waals surface area contributed by atoms with E-state index in [1.807, 2.05) is 25.1 Å². The zero-order valence-corrected chi connectivity index (χ0v) is 11.7. The van der Waals surface area contributed by atoms with Gasteiger partial charge in [0.25, 0.3) is 0 Å². The summed E-state index contributed by atoms with van der Waals surface area (Å²) in [5.74, 6) is 1.01. The smallest absolute Gasteiger partial charge is 0.423 e. The second-order valence-electron chi connectivity index (χ2n) is 5.42. The van der Waals surface area contributed by atoms with E-state index in [9.17, 15) is 10.0 Å². The Morgan fingerprint density at radius 2 is 1.95 bits per heavy atom. The first-order valence-corrected chi connectivity index (χ1v) is 7.15. The molecule has 0 saturated carbocycles. The van der Waals surface area contributed by atoms with Crippen LogP contribution in [0.2, 0.25) is 0 Å². The number of aromatic nitrogens is 2. The predicted molar refractivity (Wildman–Crippen MR) is 79.0 cm³/mol. The molecule has 0 unspecified atom stereocenters. The molecule has 2 aromatic rings. The molecule has 1 aromatic carbocycles. The molecule has 1 aromatic heterocycles. The predicted octanol–water partition coefficient (Wildman–Crippen LogP) is 0.798. The number of imidazole rings is 1. The van der Waals surface area contributed by atoms with Crippen LogP contribution in [0, 0.1) is 6.92 Å². The highest BCUT2D eigenvalue weighted by Crippen LogP contribution is 2.22. The molecule has 0 atom stereocenters. The van der Waals surface area contributed by atoms with Crippen LogP contribution in [0.25, 0.3) is 0 Å². The van der Waals surface area contributed by atoms with Crippen LogP contribution in [0.15, 0.2) is 24.3 Å². The second kappa shape index (κ2) is 5.42. The fourth-order valence-electron chi connectivity index (χ4n) is 3.05. The summed E-state index contributed by atoms with van der Waals surface area (Å²) >= 11 is 0. The number of benzene rings is 1. The zero-order valence-electron chi connectivity index (χ0n) is 11.7. The Kier molecular flexibility index (Phi) is 3.63. The van der Waals surface area contributed by atoms with E-state index in [2.05, 4.69) is 9.55 Å².